The molecule has 0 saturated heterocycles. The monoisotopic (exact) mass is 174 g/mol. The Morgan fingerprint density at radius 3 is 3.17 bits per heavy atom. The van der Waals surface area contributed by atoms with E-state index >= 15 is 0 Å². The molecule has 0 aliphatic rings. The molecule has 1 nitrogen and oxygen atoms in total. The van der Waals surface area contributed by atoms with Crippen LogP contribution in [-0.4, -0.2) is 11.2 Å². The Labute approximate surface area is 75.8 Å². The minimum Gasteiger partial charge on any atom is -0.255 e. The Kier molecular flexibility index (Phi) is 2.00. The third kappa shape index (κ3) is 1.18. The highest BCUT2D eigenvalue weighted by Crippen LogP contribution is 2.22. The van der Waals surface area contributed by atoms with Gasteiger partial charge in [-0.15, -0.1) is 11.8 Å². The summed E-state index contributed by atoms with van der Waals surface area (Å²) in [6.07, 6.45) is 3.86. The quantitative estimate of drug-likeness (QED) is 0.616. The van der Waals surface area contributed by atoms with Crippen LogP contribution in [0.2, 0.25) is 0 Å². The van der Waals surface area contributed by atoms with Gasteiger partial charge in [-0.25, -0.2) is 0 Å². The Bertz CT molecular complexity index is 392. The first-order valence-corrected chi connectivity index (χ1v) is 4.93. The van der Waals surface area contributed by atoms with Gasteiger partial charge in [0.1, 0.15) is 0 Å². The van der Waals surface area contributed by atoms with Gasteiger partial charge in [0.25, 0.3) is 0 Å². The van der Waals surface area contributed by atoms with Gasteiger partial charge in [0, 0.05) is 16.5 Å². The Hall–Kier alpha value is -1.02. The van der Waals surface area contributed by atoms with E-state index in [1.54, 1.807) is 11.8 Å². The molecule has 0 N–H and O–H groups in total. The maximum absolute atomic E-state index is 4.30. The van der Waals surface area contributed by atoms with E-state index in [1.807, 2.05) is 30.7 Å². The van der Waals surface area contributed by atoms with Gasteiger partial charge in [0.15, 0.2) is 0 Å². The molecular weight excluding hydrogens is 166 g/mol. The van der Waals surface area contributed by atoms with Crippen molar-refractivity contribution in [2.75, 3.05) is 6.26 Å². The first-order chi connectivity index (χ1) is 5.92. The maximum atomic E-state index is 4.30. The highest BCUT2D eigenvalue weighted by atomic mass is 32.2. The topological polar surface area (TPSA) is 12.9 Å². The number of benzene rings is 1. The van der Waals surface area contributed by atoms with Crippen LogP contribution in [-0.2, 0) is 0 Å². The van der Waals surface area contributed by atoms with Crippen molar-refractivity contribution < 1.29 is 0 Å². The zero-order valence-electron chi connectivity index (χ0n) is 6.74. The summed E-state index contributed by atoms with van der Waals surface area (Å²) in [5.74, 6) is 0. The minimum atomic E-state index is 1.05. The van der Waals surface area contributed by atoms with Crippen LogP contribution in [0.3, 0.4) is 0 Å². The summed E-state index contributed by atoms with van der Waals surface area (Å²) in [6, 6.07) is 11.1. The van der Waals surface area contributed by atoms with Crippen LogP contribution in [0, 0.1) is 6.07 Å². The normalized spacial score (nSPS) is 10.4. The number of rotatable bonds is 1. The van der Waals surface area contributed by atoms with E-state index in [0.717, 1.165) is 10.4 Å². The summed E-state index contributed by atoms with van der Waals surface area (Å²) in [4.78, 5) is 5.42. The molecule has 1 aromatic heterocycles. The van der Waals surface area contributed by atoms with E-state index in [9.17, 15) is 0 Å². The predicted octanol–water partition coefficient (Wildman–Crippen LogP) is 2.76. The summed E-state index contributed by atoms with van der Waals surface area (Å²) in [5, 5.41) is 1.18. The second-order valence-corrected chi connectivity index (χ2v) is 3.27. The van der Waals surface area contributed by atoms with Crippen molar-refractivity contribution in [2.45, 2.75) is 4.90 Å². The van der Waals surface area contributed by atoms with Gasteiger partial charge in [-0.1, -0.05) is 18.2 Å². The second-order valence-electron chi connectivity index (χ2n) is 2.45. The fraction of sp³-hybridized carbons (Fsp3) is 0.100. The van der Waals surface area contributed by atoms with E-state index < -0.39 is 0 Å². The molecule has 59 valence electrons. The van der Waals surface area contributed by atoms with Crippen molar-refractivity contribution >= 4 is 22.7 Å². The number of pyridine rings is 1. The SMILES string of the molecule is CSc1[c]ccc2cccnc12. The molecule has 0 atom stereocenters. The van der Waals surface area contributed by atoms with Crippen LogP contribution < -0.4 is 0 Å². The summed E-state index contributed by atoms with van der Waals surface area (Å²) in [5.41, 5.74) is 1.05. The Morgan fingerprint density at radius 2 is 2.33 bits per heavy atom. The predicted molar refractivity (Wildman–Crippen MR) is 52.4 cm³/mol. The van der Waals surface area contributed by atoms with E-state index in [2.05, 4.69) is 17.1 Å². The standard InChI is InChI=1S/C10H8NS/c1-12-9-6-2-4-8-5-3-7-11-10(8)9/h2-5,7H,1H3. The van der Waals surface area contributed by atoms with Crippen LogP contribution in [0.15, 0.2) is 35.4 Å². The Balaban J connectivity index is 2.79. The van der Waals surface area contributed by atoms with Gasteiger partial charge < -0.3 is 0 Å². The maximum Gasteiger partial charge on any atom is 0.0843 e. The van der Waals surface area contributed by atoms with Gasteiger partial charge in [0.2, 0.25) is 0 Å². The van der Waals surface area contributed by atoms with Gasteiger partial charge in [-0.2, -0.15) is 0 Å². The van der Waals surface area contributed by atoms with Gasteiger partial charge in [-0.05, 0) is 18.4 Å². The largest absolute Gasteiger partial charge is 0.255 e. The molecule has 2 rings (SSSR count). The second kappa shape index (κ2) is 3.15. The zero-order chi connectivity index (χ0) is 8.39. The van der Waals surface area contributed by atoms with Crippen molar-refractivity contribution in [2.24, 2.45) is 0 Å². The average Bonchev–Trinajstić information content (AvgIpc) is 2.17. The average molecular weight is 174 g/mol. The van der Waals surface area contributed by atoms with Crippen molar-refractivity contribution in [3.05, 3.63) is 36.5 Å². The lowest BCUT2D eigenvalue weighted by Crippen LogP contribution is -1.80. The Morgan fingerprint density at radius 1 is 1.42 bits per heavy atom. The molecule has 0 aliphatic carbocycles. The van der Waals surface area contributed by atoms with Gasteiger partial charge in [-0.3, -0.25) is 4.98 Å². The summed E-state index contributed by atoms with van der Waals surface area (Å²) < 4.78 is 0. The number of hydrogen-bond donors (Lipinski definition) is 0. The van der Waals surface area contributed by atoms with Crippen molar-refractivity contribution in [1.82, 2.24) is 4.98 Å². The fourth-order valence-corrected chi connectivity index (χ4v) is 1.72. The number of thioether (sulfide) groups is 1. The van der Waals surface area contributed by atoms with Crippen LogP contribution >= 0.6 is 11.8 Å². The molecule has 12 heavy (non-hydrogen) atoms. The molecule has 1 aromatic carbocycles. The van der Waals surface area contributed by atoms with Crippen molar-refractivity contribution in [1.29, 1.82) is 0 Å². The minimum absolute atomic E-state index is 1.05. The molecule has 0 aliphatic heterocycles. The van der Waals surface area contributed by atoms with Crippen molar-refractivity contribution in [3.8, 4) is 0 Å². The molecule has 0 spiro atoms. The molecule has 1 heterocycles. The number of hydrogen-bond acceptors (Lipinski definition) is 2. The molecule has 1 radical (unpaired) electrons. The number of aromatic nitrogens is 1. The van der Waals surface area contributed by atoms with Crippen molar-refractivity contribution in [3.63, 3.8) is 0 Å². The first-order valence-electron chi connectivity index (χ1n) is 3.71. The number of nitrogens with zero attached hydrogens (tertiary/aromatic N) is 1. The highest BCUT2D eigenvalue weighted by Gasteiger charge is 1.98. The lowest BCUT2D eigenvalue weighted by atomic mass is 10.2. The molecule has 0 unspecified atom stereocenters. The van der Waals surface area contributed by atoms with Gasteiger partial charge >= 0.3 is 0 Å². The molecule has 0 saturated carbocycles. The van der Waals surface area contributed by atoms with Crippen LogP contribution in [0.1, 0.15) is 0 Å². The van der Waals surface area contributed by atoms with Crippen LogP contribution in [0.4, 0.5) is 0 Å². The van der Waals surface area contributed by atoms with Crippen LogP contribution in [0.5, 0.6) is 0 Å². The summed E-state index contributed by atoms with van der Waals surface area (Å²) in [7, 11) is 0. The van der Waals surface area contributed by atoms with E-state index in [1.165, 1.54) is 5.39 Å². The third-order valence-corrected chi connectivity index (χ3v) is 2.45. The fourth-order valence-electron chi connectivity index (χ4n) is 1.17. The zero-order valence-corrected chi connectivity index (χ0v) is 7.56. The summed E-state index contributed by atoms with van der Waals surface area (Å²) >= 11 is 1.68. The van der Waals surface area contributed by atoms with Gasteiger partial charge in [0.05, 0.1) is 5.52 Å². The number of fused-ring (bicyclic) bond motifs is 1. The third-order valence-electron chi connectivity index (χ3n) is 1.74. The highest BCUT2D eigenvalue weighted by molar-refractivity contribution is 7.98. The molecule has 0 bridgehead atoms. The lowest BCUT2D eigenvalue weighted by Gasteiger charge is -1.99. The molecule has 0 amide bonds. The molecule has 2 aromatic rings. The smallest absolute Gasteiger partial charge is 0.0843 e. The van der Waals surface area contributed by atoms with E-state index in [4.69, 9.17) is 0 Å². The van der Waals surface area contributed by atoms with Crippen LogP contribution in [0.25, 0.3) is 10.9 Å². The first kappa shape index (κ1) is 7.62. The molecule has 2 heteroatoms. The molecular formula is C10H8NS. The summed E-state index contributed by atoms with van der Waals surface area (Å²) in [6.45, 7) is 0. The van der Waals surface area contributed by atoms with E-state index in [-0.39, 0.29) is 0 Å². The molecule has 0 fully saturated rings. The lowest BCUT2D eigenvalue weighted by molar-refractivity contribution is 1.35. The van der Waals surface area contributed by atoms with E-state index in [0.29, 0.717) is 0 Å².